The van der Waals surface area contributed by atoms with Crippen molar-refractivity contribution in [2.75, 3.05) is 0 Å². The molecule has 0 saturated carbocycles. The van der Waals surface area contributed by atoms with Crippen LogP contribution in [-0.2, 0) is 0 Å². The smallest absolute Gasteiger partial charge is 0.103 e. The van der Waals surface area contributed by atoms with Crippen LogP contribution in [0.3, 0.4) is 0 Å². The van der Waals surface area contributed by atoms with Crippen LogP contribution < -0.4 is 0 Å². The molecule has 0 spiro atoms. The number of aliphatic imine (C=N–C) groups is 1. The van der Waals surface area contributed by atoms with Gasteiger partial charge in [0.1, 0.15) is 6.04 Å². The van der Waals surface area contributed by atoms with E-state index < -0.39 is 0 Å². The van der Waals surface area contributed by atoms with Crippen molar-refractivity contribution in [2.24, 2.45) is 10.9 Å². The first kappa shape index (κ1) is 28.8. The second-order valence-corrected chi connectivity index (χ2v) is 13.4. The zero-order valence-electron chi connectivity index (χ0n) is 27.5. The molecule has 0 saturated heterocycles. The van der Waals surface area contributed by atoms with Crippen molar-refractivity contribution in [2.45, 2.75) is 18.9 Å². The number of rotatable bonds is 4. The second kappa shape index (κ2) is 11.7. The van der Waals surface area contributed by atoms with E-state index in [9.17, 15) is 0 Å². The molecule has 3 nitrogen and oxygen atoms in total. The lowest BCUT2D eigenvalue weighted by Gasteiger charge is -2.28. The molecule has 0 bridgehead atoms. The number of allylic oxidation sites excluding steroid dienone is 5. The maximum Gasteiger partial charge on any atom is 0.103 e. The van der Waals surface area contributed by atoms with E-state index in [4.69, 9.17) is 15.0 Å². The van der Waals surface area contributed by atoms with Gasteiger partial charge < -0.3 is 0 Å². The summed E-state index contributed by atoms with van der Waals surface area (Å²) < 4.78 is 0. The van der Waals surface area contributed by atoms with E-state index in [0.717, 1.165) is 57.8 Å². The molecule has 2 aliphatic carbocycles. The Kier molecular flexibility index (Phi) is 6.76. The Morgan fingerprint density at radius 1 is 0.580 bits per heavy atom. The average molecular weight is 640 g/mol. The van der Waals surface area contributed by atoms with Gasteiger partial charge in [0, 0.05) is 27.6 Å². The van der Waals surface area contributed by atoms with E-state index >= 15 is 0 Å². The van der Waals surface area contributed by atoms with E-state index in [-0.39, 0.29) is 12.0 Å². The number of hydrogen-bond acceptors (Lipinski definition) is 3. The molecule has 2 unspecified atom stereocenters. The minimum atomic E-state index is -0.0359. The molecule has 236 valence electrons. The zero-order chi connectivity index (χ0) is 33.0. The molecule has 0 radical (unpaired) electrons. The second-order valence-electron chi connectivity index (χ2n) is 13.4. The summed E-state index contributed by atoms with van der Waals surface area (Å²) in [5.74, 6) is 0.206. The van der Waals surface area contributed by atoms with Crippen LogP contribution in [0.25, 0.3) is 60.9 Å². The number of pyridine rings is 2. The molecule has 10 rings (SSSR count). The van der Waals surface area contributed by atoms with Crippen molar-refractivity contribution in [1.29, 1.82) is 0 Å². The number of benzene rings is 5. The first-order valence-electron chi connectivity index (χ1n) is 17.5. The molecule has 5 aromatic carbocycles. The normalized spacial score (nSPS) is 18.0. The van der Waals surface area contributed by atoms with Crippen molar-refractivity contribution in [3.63, 3.8) is 0 Å². The molecule has 0 N–H and O–H groups in total. The number of nitrogens with zero attached hydrogens (tertiary/aromatic N) is 3. The quantitative estimate of drug-likeness (QED) is 0.180. The SMILES string of the molecule is C1=CC2C=Cc3ccc(-c4ccccc4)nc3C2N=C1c1ccc(C2=CCCC(c3nc4ccccc4c4c3ccc3ccccc34)=C2)cc1. The summed E-state index contributed by atoms with van der Waals surface area (Å²) in [5, 5.41) is 6.24. The van der Waals surface area contributed by atoms with E-state index in [2.05, 4.69) is 158 Å². The van der Waals surface area contributed by atoms with Gasteiger partial charge in [0.15, 0.2) is 0 Å². The number of aromatic nitrogens is 2. The fraction of sp³-hybridized carbons (Fsp3) is 0.0851. The Balaban J connectivity index is 0.985. The van der Waals surface area contributed by atoms with Crippen LogP contribution in [-0.4, -0.2) is 15.7 Å². The van der Waals surface area contributed by atoms with Gasteiger partial charge in [-0.2, -0.15) is 0 Å². The minimum Gasteiger partial charge on any atom is -0.274 e. The van der Waals surface area contributed by atoms with Crippen molar-refractivity contribution >= 4 is 55.4 Å². The van der Waals surface area contributed by atoms with Crippen LogP contribution in [0.15, 0.2) is 163 Å². The molecule has 3 heterocycles. The van der Waals surface area contributed by atoms with Crippen LogP contribution >= 0.6 is 0 Å². The third kappa shape index (κ3) is 4.85. The molecule has 0 fully saturated rings. The number of fused-ring (bicyclic) bond motifs is 8. The maximum atomic E-state index is 5.30. The summed E-state index contributed by atoms with van der Waals surface area (Å²) in [6.45, 7) is 0. The number of dihydropyridines is 1. The monoisotopic (exact) mass is 639 g/mol. The van der Waals surface area contributed by atoms with E-state index in [0.29, 0.717) is 0 Å². The van der Waals surface area contributed by atoms with Gasteiger partial charge in [-0.15, -0.1) is 0 Å². The van der Waals surface area contributed by atoms with Gasteiger partial charge in [0.2, 0.25) is 0 Å². The summed E-state index contributed by atoms with van der Waals surface area (Å²) in [6, 6.07) is 45.3. The highest BCUT2D eigenvalue weighted by molar-refractivity contribution is 6.21. The van der Waals surface area contributed by atoms with E-state index in [1.807, 2.05) is 6.07 Å². The van der Waals surface area contributed by atoms with Crippen LogP contribution in [0.2, 0.25) is 0 Å². The largest absolute Gasteiger partial charge is 0.274 e. The Labute approximate surface area is 291 Å². The van der Waals surface area contributed by atoms with Gasteiger partial charge in [0.05, 0.1) is 28.3 Å². The summed E-state index contributed by atoms with van der Waals surface area (Å²) in [6.07, 6.45) is 15.6. The molecular weight excluding hydrogens is 607 g/mol. The van der Waals surface area contributed by atoms with Crippen LogP contribution in [0, 0.1) is 5.92 Å². The van der Waals surface area contributed by atoms with E-state index in [1.54, 1.807) is 0 Å². The highest BCUT2D eigenvalue weighted by Crippen LogP contribution is 2.41. The summed E-state index contributed by atoms with van der Waals surface area (Å²) >= 11 is 0. The van der Waals surface area contributed by atoms with Gasteiger partial charge >= 0.3 is 0 Å². The lowest BCUT2D eigenvalue weighted by molar-refractivity contribution is 0.592. The number of hydrogen-bond donors (Lipinski definition) is 0. The highest BCUT2D eigenvalue weighted by Gasteiger charge is 2.29. The van der Waals surface area contributed by atoms with Gasteiger partial charge in [0.25, 0.3) is 0 Å². The van der Waals surface area contributed by atoms with Gasteiger partial charge in [-0.1, -0.05) is 140 Å². The Bertz CT molecular complexity index is 2620. The van der Waals surface area contributed by atoms with Crippen LogP contribution in [0.1, 0.15) is 47.0 Å². The molecule has 0 amide bonds. The molecule has 2 aromatic heterocycles. The van der Waals surface area contributed by atoms with Gasteiger partial charge in [-0.3, -0.25) is 4.99 Å². The average Bonchev–Trinajstić information content (AvgIpc) is 3.20. The Morgan fingerprint density at radius 3 is 2.26 bits per heavy atom. The van der Waals surface area contributed by atoms with Crippen molar-refractivity contribution in [3.8, 4) is 11.3 Å². The fourth-order valence-corrected chi connectivity index (χ4v) is 7.91. The molecule has 7 aromatic rings. The van der Waals surface area contributed by atoms with Crippen molar-refractivity contribution in [1.82, 2.24) is 9.97 Å². The summed E-state index contributed by atoms with van der Waals surface area (Å²) in [5.41, 5.74) is 12.3. The molecule has 2 atom stereocenters. The van der Waals surface area contributed by atoms with Crippen molar-refractivity contribution < 1.29 is 0 Å². The first-order valence-corrected chi connectivity index (χ1v) is 17.5. The molecule has 3 aliphatic rings. The summed E-state index contributed by atoms with van der Waals surface area (Å²) in [7, 11) is 0. The Morgan fingerprint density at radius 2 is 1.36 bits per heavy atom. The minimum absolute atomic E-state index is 0.0359. The fourth-order valence-electron chi connectivity index (χ4n) is 7.91. The predicted octanol–water partition coefficient (Wildman–Crippen LogP) is 11.6. The maximum absolute atomic E-state index is 5.30. The van der Waals surface area contributed by atoms with Crippen LogP contribution in [0.4, 0.5) is 0 Å². The zero-order valence-corrected chi connectivity index (χ0v) is 27.5. The van der Waals surface area contributed by atoms with Gasteiger partial charge in [-0.25, -0.2) is 9.97 Å². The first-order chi connectivity index (χ1) is 24.8. The Hall–Kier alpha value is -6.19. The van der Waals surface area contributed by atoms with Crippen LogP contribution in [0.5, 0.6) is 0 Å². The molecule has 50 heavy (non-hydrogen) atoms. The summed E-state index contributed by atoms with van der Waals surface area (Å²) in [4.78, 5) is 15.7. The third-order valence-corrected chi connectivity index (χ3v) is 10.4. The third-order valence-electron chi connectivity index (χ3n) is 10.4. The van der Waals surface area contributed by atoms with Gasteiger partial charge in [-0.05, 0) is 75.7 Å². The molecule has 3 heteroatoms. The van der Waals surface area contributed by atoms with Crippen molar-refractivity contribution in [3.05, 3.63) is 186 Å². The molecular formula is C47H33N3. The highest BCUT2D eigenvalue weighted by atomic mass is 14.9. The lowest BCUT2D eigenvalue weighted by Crippen LogP contribution is -2.19. The predicted molar refractivity (Wildman–Crippen MR) is 209 cm³/mol. The van der Waals surface area contributed by atoms with E-state index in [1.165, 1.54) is 43.6 Å². The lowest BCUT2D eigenvalue weighted by atomic mass is 9.85. The standard InChI is InChI=1S/C47H33N3/c1-2-10-32(11-3-1)41-27-24-34-21-22-35-25-28-42(49-47(35)46(34)48-41)33-19-17-30(18-20-33)36-12-8-13-37(29-36)45-40-26-23-31-9-4-5-14-38(31)44(40)39-15-6-7-16-43(39)50-45/h1-7,9-12,14-29,35,47H,8,13H2. The topological polar surface area (TPSA) is 38.1 Å². The number of para-hydroxylation sites is 1. The molecule has 1 aliphatic heterocycles.